The summed E-state index contributed by atoms with van der Waals surface area (Å²) in [5.74, 6) is -4.52. The largest absolute Gasteiger partial charge is 0.480 e. The Labute approximate surface area is 102 Å². The van der Waals surface area contributed by atoms with Crippen LogP contribution in [0, 0.1) is 5.89 Å². The number of hydrogen-bond acceptors (Lipinski definition) is 4. The van der Waals surface area contributed by atoms with Crippen LogP contribution in [0.5, 0.6) is 0 Å². The van der Waals surface area contributed by atoms with Gasteiger partial charge in [0.1, 0.15) is 11.6 Å². The molecular formula is C11H17NO5. The molecule has 0 radical (unpaired) electrons. The second-order valence-electron chi connectivity index (χ2n) is 4.79. The van der Waals surface area contributed by atoms with E-state index in [4.69, 9.17) is 12.6 Å². The highest BCUT2D eigenvalue weighted by Crippen LogP contribution is 2.26. The first-order valence-corrected chi connectivity index (χ1v) is 5.11. The molecule has 0 saturated carbocycles. The van der Waals surface area contributed by atoms with Crippen molar-refractivity contribution < 1.29 is 27.0 Å². The second-order valence-corrected chi connectivity index (χ2v) is 4.79. The van der Waals surface area contributed by atoms with E-state index in [1.54, 1.807) is 20.8 Å². The Bertz CT molecular complexity index is 429. The van der Waals surface area contributed by atoms with E-state index in [-0.39, 0.29) is 0 Å². The Morgan fingerprint density at radius 2 is 2.12 bits per heavy atom. The number of carbonyl (C=O) groups is 3. The Kier molecular flexibility index (Phi) is 2.70. The van der Waals surface area contributed by atoms with Crippen LogP contribution in [0.4, 0.5) is 4.79 Å². The van der Waals surface area contributed by atoms with Gasteiger partial charge < -0.3 is 9.84 Å². The molecule has 96 valence electrons. The molecule has 17 heavy (non-hydrogen) atoms. The van der Waals surface area contributed by atoms with Crippen molar-refractivity contribution in [1.29, 1.82) is 0 Å². The fourth-order valence-electron chi connectivity index (χ4n) is 1.39. The van der Waals surface area contributed by atoms with Gasteiger partial charge in [0.05, 0.1) is 0 Å². The van der Waals surface area contributed by atoms with E-state index in [1.807, 2.05) is 0 Å². The maximum Gasteiger partial charge on any atom is 0.417 e. The molecule has 0 bridgehead atoms. The number of carboxylic acid groups (broad SMARTS) is 1. The molecule has 1 N–H and O–H groups in total. The van der Waals surface area contributed by atoms with Crippen LogP contribution in [0.3, 0.4) is 0 Å². The third-order valence-corrected chi connectivity index (χ3v) is 2.09. The smallest absolute Gasteiger partial charge is 0.417 e. The first kappa shape index (κ1) is 10.6. The maximum atomic E-state index is 11.9. The lowest BCUT2D eigenvalue weighted by Gasteiger charge is -2.25. The molecule has 1 fully saturated rings. The number of rotatable bonds is 1. The predicted molar refractivity (Wildman–Crippen MR) is 58.3 cm³/mol. The molecule has 1 aliphatic heterocycles. The number of imide groups is 1. The summed E-state index contributed by atoms with van der Waals surface area (Å²) in [5, 5.41) is 9.05. The lowest BCUT2D eigenvalue weighted by atomic mass is 10.1. The van der Waals surface area contributed by atoms with Crippen molar-refractivity contribution in [2.75, 3.05) is 0 Å². The maximum absolute atomic E-state index is 11.9. The molecule has 1 rings (SSSR count). The van der Waals surface area contributed by atoms with Crippen LogP contribution in [-0.2, 0) is 14.3 Å². The topological polar surface area (TPSA) is 83.9 Å². The minimum Gasteiger partial charge on any atom is -0.480 e. The molecule has 0 aromatic rings. The summed E-state index contributed by atoms with van der Waals surface area (Å²) in [6, 6.07) is -1.70. The minimum absolute atomic E-state index is 0.359. The van der Waals surface area contributed by atoms with E-state index < -0.39 is 41.9 Å². The molecular weight excluding hydrogens is 227 g/mol. The second kappa shape index (κ2) is 4.35. The Balaban J connectivity index is 3.13. The van der Waals surface area contributed by atoms with Crippen molar-refractivity contribution >= 4 is 18.0 Å². The number of likely N-dealkylation sites (tertiary alicyclic amines) is 1. The average Bonchev–Trinajstić information content (AvgIpc) is 2.36. The molecule has 6 heteroatoms. The van der Waals surface area contributed by atoms with Crippen LogP contribution in [0.15, 0.2) is 0 Å². The zero-order valence-electron chi connectivity index (χ0n) is 12.2. The van der Waals surface area contributed by atoms with Gasteiger partial charge in [-0.1, -0.05) is 6.92 Å². The van der Waals surface area contributed by atoms with E-state index in [9.17, 15) is 14.4 Å². The SMILES string of the molecule is [2H][C@@H]1[C@@H](C(=O)O)N(C(=O)OC(C)(C)C)C(=O)[C@@]1([2H])[13CH3]. The molecule has 2 amide bonds. The molecule has 0 spiro atoms. The van der Waals surface area contributed by atoms with Gasteiger partial charge in [-0.05, 0) is 27.2 Å². The predicted octanol–water partition coefficient (Wildman–Crippen LogP) is 1.24. The minimum atomic E-state index is -1.99. The Morgan fingerprint density at radius 3 is 2.53 bits per heavy atom. The van der Waals surface area contributed by atoms with Gasteiger partial charge >= 0.3 is 12.1 Å². The van der Waals surface area contributed by atoms with Gasteiger partial charge in [0, 0.05) is 8.64 Å². The fraction of sp³-hybridized carbons (Fsp3) is 0.727. The van der Waals surface area contributed by atoms with E-state index >= 15 is 0 Å². The number of carbonyl (C=O) groups excluding carboxylic acids is 2. The van der Waals surface area contributed by atoms with Gasteiger partial charge in [0.15, 0.2) is 0 Å². The van der Waals surface area contributed by atoms with Gasteiger partial charge in [0.25, 0.3) is 0 Å². The highest BCUT2D eigenvalue weighted by Gasteiger charge is 2.46. The summed E-state index contributed by atoms with van der Waals surface area (Å²) in [6.07, 6.45) is -2.71. The van der Waals surface area contributed by atoms with Crippen molar-refractivity contribution in [3.63, 3.8) is 0 Å². The van der Waals surface area contributed by atoms with Crippen molar-refractivity contribution in [3.05, 3.63) is 0 Å². The third kappa shape index (κ3) is 2.95. The normalized spacial score (nSPS) is 35.3. The summed E-state index contributed by atoms with van der Waals surface area (Å²) in [7, 11) is 0. The van der Waals surface area contributed by atoms with Crippen molar-refractivity contribution in [3.8, 4) is 0 Å². The van der Waals surface area contributed by atoms with Gasteiger partial charge in [-0.3, -0.25) is 4.79 Å². The lowest BCUT2D eigenvalue weighted by molar-refractivity contribution is -0.145. The van der Waals surface area contributed by atoms with E-state index in [1.165, 1.54) is 0 Å². The summed E-state index contributed by atoms with van der Waals surface area (Å²) in [6.45, 7) is 5.82. The molecule has 3 atom stereocenters. The highest BCUT2D eigenvalue weighted by atomic mass is 16.6. The van der Waals surface area contributed by atoms with Gasteiger partial charge in [0.2, 0.25) is 5.91 Å². The third-order valence-electron chi connectivity index (χ3n) is 2.09. The number of hydrogen-bond donors (Lipinski definition) is 1. The highest BCUT2D eigenvalue weighted by molar-refractivity contribution is 6.00. The summed E-state index contributed by atoms with van der Waals surface area (Å²) in [4.78, 5) is 35.3. The van der Waals surface area contributed by atoms with Crippen molar-refractivity contribution in [2.45, 2.75) is 45.7 Å². The summed E-state index contributed by atoms with van der Waals surface area (Å²) >= 11 is 0. The van der Waals surface area contributed by atoms with Gasteiger partial charge in [-0.2, -0.15) is 0 Å². The number of nitrogens with zero attached hydrogens (tertiary/aromatic N) is 1. The lowest BCUT2D eigenvalue weighted by Crippen LogP contribution is -2.45. The molecule has 1 heterocycles. The van der Waals surface area contributed by atoms with E-state index in [0.29, 0.717) is 4.90 Å². The van der Waals surface area contributed by atoms with Crippen LogP contribution >= 0.6 is 0 Å². The Morgan fingerprint density at radius 1 is 1.59 bits per heavy atom. The van der Waals surface area contributed by atoms with E-state index in [0.717, 1.165) is 6.92 Å². The molecule has 0 aromatic carbocycles. The standard InChI is InChI=1S/C11H17NO5/c1-6-5-7(9(14)15)12(8(6)13)10(16)17-11(2,3)4/h6-7H,5H2,1-4H3,(H,14,15)/t6-,7-/m0/s1/i1+1,5D,6D/t5-,6-,7-. The summed E-state index contributed by atoms with van der Waals surface area (Å²) < 4.78 is 20.3. The molecule has 0 aliphatic carbocycles. The number of ether oxygens (including phenoxy) is 1. The Hall–Kier alpha value is -1.59. The van der Waals surface area contributed by atoms with Crippen LogP contribution in [-0.4, -0.2) is 39.6 Å². The van der Waals surface area contributed by atoms with Crippen LogP contribution in [0.25, 0.3) is 0 Å². The van der Waals surface area contributed by atoms with Gasteiger partial charge in [-0.25, -0.2) is 14.5 Å². The number of aliphatic carboxylic acids is 1. The molecule has 6 nitrogen and oxygen atoms in total. The summed E-state index contributed by atoms with van der Waals surface area (Å²) in [5.41, 5.74) is -0.904. The molecule has 0 aromatic heterocycles. The quantitative estimate of drug-likeness (QED) is 0.704. The first-order chi connectivity index (χ1) is 8.39. The van der Waals surface area contributed by atoms with E-state index in [2.05, 4.69) is 0 Å². The molecule has 1 aliphatic rings. The number of amides is 2. The van der Waals surface area contributed by atoms with Gasteiger partial charge in [-0.15, -0.1) is 0 Å². The first-order valence-electron chi connectivity index (χ1n) is 6.19. The fourth-order valence-corrected chi connectivity index (χ4v) is 1.39. The van der Waals surface area contributed by atoms with Crippen molar-refractivity contribution in [2.24, 2.45) is 5.89 Å². The zero-order valence-corrected chi connectivity index (χ0v) is 10.2. The average molecular weight is 246 g/mol. The van der Waals surface area contributed by atoms with Crippen LogP contribution < -0.4 is 0 Å². The van der Waals surface area contributed by atoms with Crippen molar-refractivity contribution in [1.82, 2.24) is 4.90 Å². The monoisotopic (exact) mass is 246 g/mol. The zero-order chi connectivity index (χ0) is 15.2. The van der Waals surface area contributed by atoms with Crippen LogP contribution in [0.2, 0.25) is 0 Å². The van der Waals surface area contributed by atoms with Crippen LogP contribution in [0.1, 0.15) is 36.8 Å². The molecule has 0 unspecified atom stereocenters. The number of carboxylic acids is 1. The molecule has 1 saturated heterocycles.